The van der Waals surface area contributed by atoms with E-state index in [9.17, 15) is 4.79 Å². The van der Waals surface area contributed by atoms with Gasteiger partial charge in [0.15, 0.2) is 5.82 Å². The number of rotatable bonds is 6. The van der Waals surface area contributed by atoms with Crippen LogP contribution in [0.25, 0.3) is 0 Å². The van der Waals surface area contributed by atoms with E-state index in [0.717, 1.165) is 18.7 Å². The van der Waals surface area contributed by atoms with Crippen LogP contribution in [0.1, 0.15) is 73.6 Å². The number of hydrogen-bond donors (Lipinski definition) is 1. The number of halogens is 1. The first-order chi connectivity index (χ1) is 12.1. The number of benzene rings is 1. The van der Waals surface area contributed by atoms with Crippen LogP contribution in [-0.2, 0) is 0 Å². The minimum absolute atomic E-state index is 0.270. The molecule has 0 aliphatic heterocycles. The molecule has 0 radical (unpaired) electrons. The standard InChI is InChI=1S/C18H22ClN3O3/c1-3-24-15-10-13(19)8-9-14(15)17(23)20-11(2)18-21-16(22-25-18)12-6-4-5-7-12/h8-12H,3-7H2,1-2H3,(H,20,23). The fourth-order valence-electron chi connectivity index (χ4n) is 3.07. The van der Waals surface area contributed by atoms with Gasteiger partial charge in [-0.2, -0.15) is 4.98 Å². The first-order valence-corrected chi connectivity index (χ1v) is 9.03. The van der Waals surface area contributed by atoms with E-state index >= 15 is 0 Å². The zero-order valence-electron chi connectivity index (χ0n) is 14.4. The van der Waals surface area contributed by atoms with Crippen molar-refractivity contribution in [1.29, 1.82) is 0 Å². The van der Waals surface area contributed by atoms with Crippen LogP contribution in [0.3, 0.4) is 0 Å². The number of carbonyl (C=O) groups is 1. The number of aromatic nitrogens is 2. The van der Waals surface area contributed by atoms with Crippen LogP contribution in [0.2, 0.25) is 5.02 Å². The smallest absolute Gasteiger partial charge is 0.255 e. The Balaban J connectivity index is 1.70. The molecule has 134 valence electrons. The third kappa shape index (κ3) is 4.12. The zero-order chi connectivity index (χ0) is 17.8. The fraction of sp³-hybridized carbons (Fsp3) is 0.500. The van der Waals surface area contributed by atoms with Crippen molar-refractivity contribution in [3.63, 3.8) is 0 Å². The predicted octanol–water partition coefficient (Wildman–Crippen LogP) is 4.27. The molecule has 1 heterocycles. The summed E-state index contributed by atoms with van der Waals surface area (Å²) in [5.74, 6) is 1.73. The molecule has 7 heteroatoms. The Bertz CT molecular complexity index is 741. The van der Waals surface area contributed by atoms with Crippen LogP contribution in [0, 0.1) is 0 Å². The molecule has 1 fully saturated rings. The van der Waals surface area contributed by atoms with Gasteiger partial charge in [0.05, 0.1) is 12.2 Å². The van der Waals surface area contributed by atoms with Gasteiger partial charge >= 0.3 is 0 Å². The minimum atomic E-state index is -0.389. The van der Waals surface area contributed by atoms with Crippen molar-refractivity contribution in [2.24, 2.45) is 0 Å². The van der Waals surface area contributed by atoms with Gasteiger partial charge in [0.25, 0.3) is 5.91 Å². The third-order valence-electron chi connectivity index (χ3n) is 4.38. The molecule has 1 saturated carbocycles. The highest BCUT2D eigenvalue weighted by molar-refractivity contribution is 6.30. The molecule has 3 rings (SSSR count). The topological polar surface area (TPSA) is 77.2 Å². The van der Waals surface area contributed by atoms with Gasteiger partial charge in [-0.3, -0.25) is 4.79 Å². The molecule has 1 atom stereocenters. The van der Waals surface area contributed by atoms with Crippen molar-refractivity contribution in [3.8, 4) is 5.75 Å². The van der Waals surface area contributed by atoms with Gasteiger partial charge in [0.2, 0.25) is 5.89 Å². The molecule has 1 aromatic carbocycles. The van der Waals surface area contributed by atoms with Crippen molar-refractivity contribution in [2.45, 2.75) is 51.5 Å². The van der Waals surface area contributed by atoms with Crippen LogP contribution < -0.4 is 10.1 Å². The molecule has 1 N–H and O–H groups in total. The summed E-state index contributed by atoms with van der Waals surface area (Å²) in [6.45, 7) is 4.12. The molecular formula is C18H22ClN3O3. The Labute approximate surface area is 151 Å². The average molecular weight is 364 g/mol. The summed E-state index contributed by atoms with van der Waals surface area (Å²) in [6, 6.07) is 4.55. The molecule has 0 bridgehead atoms. The predicted molar refractivity (Wildman–Crippen MR) is 94.0 cm³/mol. The summed E-state index contributed by atoms with van der Waals surface area (Å²) in [7, 11) is 0. The van der Waals surface area contributed by atoms with Gasteiger partial charge in [-0.15, -0.1) is 0 Å². The quantitative estimate of drug-likeness (QED) is 0.829. The van der Waals surface area contributed by atoms with Crippen molar-refractivity contribution >= 4 is 17.5 Å². The summed E-state index contributed by atoms with van der Waals surface area (Å²) < 4.78 is 10.8. The maximum absolute atomic E-state index is 12.6. The van der Waals surface area contributed by atoms with Gasteiger partial charge in [-0.05, 0) is 44.9 Å². The Morgan fingerprint density at radius 2 is 2.20 bits per heavy atom. The number of ether oxygens (including phenoxy) is 1. The number of nitrogens with zero attached hydrogens (tertiary/aromatic N) is 2. The second-order valence-corrected chi connectivity index (χ2v) is 6.68. The molecular weight excluding hydrogens is 342 g/mol. The number of carbonyl (C=O) groups excluding carboxylic acids is 1. The van der Waals surface area contributed by atoms with Crippen LogP contribution in [0.15, 0.2) is 22.7 Å². The molecule has 1 aromatic heterocycles. The second kappa shape index (κ2) is 7.87. The third-order valence-corrected chi connectivity index (χ3v) is 4.62. The Morgan fingerprint density at radius 1 is 1.44 bits per heavy atom. The van der Waals surface area contributed by atoms with Gasteiger partial charge < -0.3 is 14.6 Å². The van der Waals surface area contributed by atoms with Gasteiger partial charge in [0, 0.05) is 10.9 Å². The molecule has 1 amide bonds. The molecule has 1 unspecified atom stereocenters. The van der Waals surface area contributed by atoms with E-state index in [1.807, 2.05) is 13.8 Å². The fourth-order valence-corrected chi connectivity index (χ4v) is 3.23. The van der Waals surface area contributed by atoms with Crippen LogP contribution in [0.5, 0.6) is 5.75 Å². The highest BCUT2D eigenvalue weighted by atomic mass is 35.5. The minimum Gasteiger partial charge on any atom is -0.493 e. The van der Waals surface area contributed by atoms with E-state index in [1.54, 1.807) is 18.2 Å². The Kier molecular flexibility index (Phi) is 5.58. The molecule has 6 nitrogen and oxygen atoms in total. The molecule has 0 saturated heterocycles. The van der Waals surface area contributed by atoms with E-state index in [4.69, 9.17) is 20.9 Å². The van der Waals surface area contributed by atoms with E-state index in [-0.39, 0.29) is 11.9 Å². The normalized spacial score (nSPS) is 16.0. The average Bonchev–Trinajstić information content (AvgIpc) is 3.26. The van der Waals surface area contributed by atoms with Crippen molar-refractivity contribution in [2.75, 3.05) is 6.61 Å². The molecule has 1 aliphatic rings. The van der Waals surface area contributed by atoms with E-state index in [2.05, 4.69) is 15.5 Å². The highest BCUT2D eigenvalue weighted by Gasteiger charge is 2.25. The maximum atomic E-state index is 12.6. The Hall–Kier alpha value is -2.08. The Morgan fingerprint density at radius 3 is 2.92 bits per heavy atom. The summed E-state index contributed by atoms with van der Waals surface area (Å²) in [6.07, 6.45) is 4.61. The lowest BCUT2D eigenvalue weighted by atomic mass is 10.1. The van der Waals surface area contributed by atoms with Crippen molar-refractivity contribution in [3.05, 3.63) is 40.5 Å². The largest absolute Gasteiger partial charge is 0.493 e. The molecule has 25 heavy (non-hydrogen) atoms. The summed E-state index contributed by atoms with van der Waals surface area (Å²) >= 11 is 5.98. The molecule has 0 spiro atoms. The summed E-state index contributed by atoms with van der Waals surface area (Å²) in [4.78, 5) is 17.0. The van der Waals surface area contributed by atoms with E-state index in [0.29, 0.717) is 34.8 Å². The SMILES string of the molecule is CCOc1cc(Cl)ccc1C(=O)NC(C)c1nc(C2CCCC2)no1. The molecule has 2 aromatic rings. The summed E-state index contributed by atoms with van der Waals surface area (Å²) in [5, 5.41) is 7.47. The highest BCUT2D eigenvalue weighted by Crippen LogP contribution is 2.32. The monoisotopic (exact) mass is 363 g/mol. The van der Waals surface area contributed by atoms with Crippen LogP contribution in [0.4, 0.5) is 0 Å². The van der Waals surface area contributed by atoms with Crippen molar-refractivity contribution < 1.29 is 14.1 Å². The number of nitrogens with one attached hydrogen (secondary N) is 1. The van der Waals surface area contributed by atoms with Gasteiger partial charge in [0.1, 0.15) is 11.8 Å². The summed E-state index contributed by atoms with van der Waals surface area (Å²) in [5.41, 5.74) is 0.425. The lowest BCUT2D eigenvalue weighted by Gasteiger charge is -2.13. The lowest BCUT2D eigenvalue weighted by molar-refractivity contribution is 0.0928. The lowest BCUT2D eigenvalue weighted by Crippen LogP contribution is -2.27. The maximum Gasteiger partial charge on any atom is 0.255 e. The first kappa shape index (κ1) is 17.7. The van der Waals surface area contributed by atoms with E-state index in [1.165, 1.54) is 12.8 Å². The first-order valence-electron chi connectivity index (χ1n) is 8.65. The molecule has 1 aliphatic carbocycles. The van der Waals surface area contributed by atoms with Gasteiger partial charge in [-0.25, -0.2) is 0 Å². The number of hydrogen-bond acceptors (Lipinski definition) is 5. The van der Waals surface area contributed by atoms with Crippen molar-refractivity contribution in [1.82, 2.24) is 15.5 Å². The number of amides is 1. The zero-order valence-corrected chi connectivity index (χ0v) is 15.2. The van der Waals surface area contributed by atoms with Gasteiger partial charge in [-0.1, -0.05) is 29.6 Å². The van der Waals surface area contributed by atoms with E-state index < -0.39 is 0 Å². The van der Waals surface area contributed by atoms with Crippen LogP contribution >= 0.6 is 11.6 Å². The van der Waals surface area contributed by atoms with Crippen LogP contribution in [-0.4, -0.2) is 22.7 Å². The second-order valence-electron chi connectivity index (χ2n) is 6.24.